The molecule has 0 bridgehead atoms. The average molecular weight is 360 g/mol. The molecule has 0 unspecified atom stereocenters. The Balaban J connectivity index is 0.00000132. The van der Waals surface area contributed by atoms with Crippen molar-refractivity contribution in [1.82, 2.24) is 10.2 Å². The molecule has 0 spiro atoms. The van der Waals surface area contributed by atoms with Gasteiger partial charge in [0.1, 0.15) is 0 Å². The van der Waals surface area contributed by atoms with Crippen molar-refractivity contribution in [1.29, 1.82) is 0 Å². The van der Waals surface area contributed by atoms with Crippen molar-refractivity contribution < 1.29 is 4.79 Å². The van der Waals surface area contributed by atoms with Crippen LogP contribution in [0.2, 0.25) is 0 Å². The first-order valence-electron chi connectivity index (χ1n) is 7.80. The topological polar surface area (TPSA) is 58.4 Å². The van der Waals surface area contributed by atoms with E-state index in [-0.39, 0.29) is 36.3 Å². The first kappa shape index (κ1) is 20.2. The second kappa shape index (κ2) is 7.39. The maximum Gasteiger partial charge on any atom is 0.240 e. The van der Waals surface area contributed by atoms with E-state index in [0.29, 0.717) is 6.54 Å². The molecule has 0 atom stereocenters. The number of nitrogens with zero attached hydrogens (tertiary/aromatic N) is 1. The van der Waals surface area contributed by atoms with E-state index in [9.17, 15) is 4.79 Å². The molecule has 1 saturated carbocycles. The molecule has 1 aliphatic heterocycles. The third-order valence-corrected chi connectivity index (χ3v) is 4.91. The van der Waals surface area contributed by atoms with Crippen molar-refractivity contribution in [2.75, 3.05) is 13.1 Å². The van der Waals surface area contributed by atoms with Crippen LogP contribution in [0.15, 0.2) is 24.3 Å². The molecule has 1 fully saturated rings. The smallest absolute Gasteiger partial charge is 0.240 e. The number of carbonyl (C=O) groups excluding carboxylic acids is 1. The van der Waals surface area contributed by atoms with E-state index in [1.165, 1.54) is 11.1 Å². The lowest BCUT2D eigenvalue weighted by Gasteiger charge is -2.41. The Bertz CT molecular complexity index is 559. The van der Waals surface area contributed by atoms with Gasteiger partial charge in [-0.05, 0) is 44.2 Å². The van der Waals surface area contributed by atoms with Crippen LogP contribution in [0.25, 0.3) is 0 Å². The highest BCUT2D eigenvalue weighted by Gasteiger charge is 2.46. The normalized spacial score (nSPS) is 18.9. The molecule has 0 aromatic heterocycles. The molecule has 0 saturated heterocycles. The lowest BCUT2D eigenvalue weighted by atomic mass is 9.94. The number of amides is 1. The van der Waals surface area contributed by atoms with Gasteiger partial charge in [0, 0.05) is 25.2 Å². The van der Waals surface area contributed by atoms with Gasteiger partial charge in [-0.25, -0.2) is 0 Å². The molecule has 6 heteroatoms. The Hall–Kier alpha value is -0.810. The first-order valence-corrected chi connectivity index (χ1v) is 7.80. The summed E-state index contributed by atoms with van der Waals surface area (Å²) >= 11 is 0. The number of rotatable bonds is 4. The minimum Gasteiger partial charge on any atom is -0.353 e. The molecule has 1 heterocycles. The quantitative estimate of drug-likeness (QED) is 0.866. The Kier molecular flexibility index (Phi) is 6.50. The molecule has 2 aliphatic rings. The van der Waals surface area contributed by atoms with Crippen LogP contribution in [0.1, 0.15) is 37.8 Å². The second-order valence-corrected chi connectivity index (χ2v) is 7.09. The largest absolute Gasteiger partial charge is 0.353 e. The highest BCUT2D eigenvalue weighted by Crippen LogP contribution is 2.32. The standard InChI is InChI=1S/C17H25N3O.2ClH/c1-16(2,12-19-15(21)17(18)8-9-17)20-10-7-13-5-3-4-6-14(13)11-20;;/h3-6H,7-12,18H2,1-2H3,(H,19,21);2*1H. The highest BCUT2D eigenvalue weighted by molar-refractivity contribution is 5.89. The zero-order valence-electron chi connectivity index (χ0n) is 13.8. The van der Waals surface area contributed by atoms with E-state index in [1.54, 1.807) is 0 Å². The molecule has 1 amide bonds. The highest BCUT2D eigenvalue weighted by atomic mass is 35.5. The molecule has 23 heavy (non-hydrogen) atoms. The molecule has 3 N–H and O–H groups in total. The number of hydrogen-bond donors (Lipinski definition) is 2. The molecule has 130 valence electrons. The van der Waals surface area contributed by atoms with Gasteiger partial charge in [-0.3, -0.25) is 9.69 Å². The van der Waals surface area contributed by atoms with Gasteiger partial charge < -0.3 is 11.1 Å². The van der Waals surface area contributed by atoms with Crippen molar-refractivity contribution in [3.63, 3.8) is 0 Å². The van der Waals surface area contributed by atoms with Gasteiger partial charge in [-0.1, -0.05) is 24.3 Å². The molecule has 0 radical (unpaired) electrons. The van der Waals surface area contributed by atoms with Crippen molar-refractivity contribution in [2.24, 2.45) is 5.73 Å². The van der Waals surface area contributed by atoms with E-state index in [4.69, 9.17) is 5.73 Å². The van der Waals surface area contributed by atoms with Crippen LogP contribution in [0, 0.1) is 0 Å². The summed E-state index contributed by atoms with van der Waals surface area (Å²) in [5.74, 6) is 0.00739. The van der Waals surface area contributed by atoms with Crippen molar-refractivity contribution in [3.8, 4) is 0 Å². The van der Waals surface area contributed by atoms with E-state index in [0.717, 1.165) is 32.4 Å². The molecule has 1 aromatic rings. The number of hydrogen-bond acceptors (Lipinski definition) is 3. The van der Waals surface area contributed by atoms with Gasteiger partial charge in [0.05, 0.1) is 5.54 Å². The van der Waals surface area contributed by atoms with E-state index in [1.807, 2.05) is 0 Å². The third kappa shape index (κ3) is 4.38. The van der Waals surface area contributed by atoms with Crippen LogP contribution >= 0.6 is 24.8 Å². The summed E-state index contributed by atoms with van der Waals surface area (Å²) in [6, 6.07) is 8.63. The van der Waals surface area contributed by atoms with Crippen molar-refractivity contribution in [3.05, 3.63) is 35.4 Å². The summed E-state index contributed by atoms with van der Waals surface area (Å²) < 4.78 is 0. The summed E-state index contributed by atoms with van der Waals surface area (Å²) in [7, 11) is 0. The lowest BCUT2D eigenvalue weighted by Crippen LogP contribution is -2.55. The van der Waals surface area contributed by atoms with Crippen molar-refractivity contribution >= 4 is 30.7 Å². The van der Waals surface area contributed by atoms with Crippen LogP contribution in [0.4, 0.5) is 0 Å². The van der Waals surface area contributed by atoms with Crippen LogP contribution < -0.4 is 11.1 Å². The zero-order chi connectivity index (χ0) is 15.1. The monoisotopic (exact) mass is 359 g/mol. The third-order valence-electron chi connectivity index (χ3n) is 4.91. The predicted octanol–water partition coefficient (Wildman–Crippen LogP) is 2.27. The minimum atomic E-state index is -0.579. The summed E-state index contributed by atoms with van der Waals surface area (Å²) in [4.78, 5) is 14.5. The molecule has 1 aromatic carbocycles. The minimum absolute atomic E-state index is 0. The molecule has 1 aliphatic carbocycles. The number of halogens is 2. The molecular formula is C17H27Cl2N3O. The Morgan fingerprint density at radius 3 is 2.48 bits per heavy atom. The number of nitrogens with two attached hydrogens (primary N) is 1. The van der Waals surface area contributed by atoms with Crippen LogP contribution in [0.3, 0.4) is 0 Å². The molecular weight excluding hydrogens is 333 g/mol. The number of carbonyl (C=O) groups is 1. The first-order chi connectivity index (χ1) is 9.91. The fraction of sp³-hybridized carbons (Fsp3) is 0.588. The summed E-state index contributed by atoms with van der Waals surface area (Å²) in [5.41, 5.74) is 8.15. The number of nitrogens with one attached hydrogen (secondary N) is 1. The van der Waals surface area contributed by atoms with E-state index >= 15 is 0 Å². The number of benzene rings is 1. The van der Waals surface area contributed by atoms with E-state index in [2.05, 4.69) is 48.3 Å². The van der Waals surface area contributed by atoms with Gasteiger partial charge in [0.25, 0.3) is 0 Å². The average Bonchev–Trinajstić information content (AvgIpc) is 3.23. The summed E-state index contributed by atoms with van der Waals surface area (Å²) in [5, 5.41) is 3.04. The van der Waals surface area contributed by atoms with E-state index < -0.39 is 5.54 Å². The SMILES string of the molecule is CC(C)(CNC(=O)C1(N)CC1)N1CCc2ccccc2C1.Cl.Cl. The maximum absolute atomic E-state index is 12.0. The fourth-order valence-corrected chi connectivity index (χ4v) is 2.96. The lowest BCUT2D eigenvalue weighted by molar-refractivity contribution is -0.123. The molecule has 4 nitrogen and oxygen atoms in total. The molecule has 3 rings (SSSR count). The maximum atomic E-state index is 12.0. The second-order valence-electron chi connectivity index (χ2n) is 7.09. The van der Waals surface area contributed by atoms with Crippen LogP contribution in [-0.4, -0.2) is 35.0 Å². The van der Waals surface area contributed by atoms with Gasteiger partial charge in [-0.2, -0.15) is 0 Å². The van der Waals surface area contributed by atoms with Gasteiger partial charge >= 0.3 is 0 Å². The van der Waals surface area contributed by atoms with Crippen LogP contribution in [0.5, 0.6) is 0 Å². The predicted molar refractivity (Wildman–Crippen MR) is 98.3 cm³/mol. The number of fused-ring (bicyclic) bond motifs is 1. The van der Waals surface area contributed by atoms with Crippen molar-refractivity contribution in [2.45, 2.75) is 50.7 Å². The Morgan fingerprint density at radius 2 is 1.87 bits per heavy atom. The van der Waals surface area contributed by atoms with Crippen LogP contribution in [-0.2, 0) is 17.8 Å². The summed E-state index contributed by atoms with van der Waals surface area (Å²) in [6.07, 6.45) is 2.71. The zero-order valence-corrected chi connectivity index (χ0v) is 15.4. The summed E-state index contributed by atoms with van der Waals surface area (Å²) in [6.45, 7) is 7.02. The van der Waals surface area contributed by atoms with Gasteiger partial charge in [-0.15, -0.1) is 24.8 Å². The van der Waals surface area contributed by atoms with Gasteiger partial charge in [0.15, 0.2) is 0 Å². The Labute approximate surface area is 151 Å². The fourth-order valence-electron chi connectivity index (χ4n) is 2.96. The Morgan fingerprint density at radius 1 is 1.26 bits per heavy atom. The van der Waals surface area contributed by atoms with Gasteiger partial charge in [0.2, 0.25) is 5.91 Å².